The summed E-state index contributed by atoms with van der Waals surface area (Å²) < 4.78 is 42.4. The Balaban J connectivity index is 1.64. The number of hydrogen-bond donors (Lipinski definition) is 1. The summed E-state index contributed by atoms with van der Waals surface area (Å²) in [5.41, 5.74) is 2.06. The third kappa shape index (κ3) is 3.66. The van der Waals surface area contributed by atoms with Gasteiger partial charge >= 0.3 is 6.18 Å². The lowest BCUT2D eigenvalue weighted by atomic mass is 10.1. The summed E-state index contributed by atoms with van der Waals surface area (Å²) in [6.45, 7) is 1.98. The molecule has 0 saturated carbocycles. The van der Waals surface area contributed by atoms with Crippen LogP contribution in [0.2, 0.25) is 0 Å². The molecule has 0 unspecified atom stereocenters. The molecule has 0 radical (unpaired) electrons. The quantitative estimate of drug-likeness (QED) is 0.554. The predicted octanol–water partition coefficient (Wildman–Crippen LogP) is 4.73. The summed E-state index contributed by atoms with van der Waals surface area (Å²) in [5, 5.41) is 7.15. The third-order valence-corrected chi connectivity index (χ3v) is 4.22. The average molecular weight is 383 g/mol. The highest BCUT2D eigenvalue weighted by Gasteiger charge is 2.36. The molecule has 4 heterocycles. The standard InChI is InChI=1S/C20H16F3N5/c1-13-8-14(11-24-10-13)17-5-6-18(19(26-17)20(21,22)23)25-12-15-9-16-4-2-3-7-28(16)27-15/h2-11,25H,12H2,1H3. The molecule has 5 nitrogen and oxygen atoms in total. The number of fused-ring (bicyclic) bond motifs is 1. The van der Waals surface area contributed by atoms with Crippen molar-refractivity contribution in [2.75, 3.05) is 5.32 Å². The number of aryl methyl sites for hydroxylation is 1. The molecule has 4 rings (SSSR count). The number of alkyl halides is 3. The van der Waals surface area contributed by atoms with Crippen molar-refractivity contribution in [2.24, 2.45) is 0 Å². The maximum Gasteiger partial charge on any atom is 0.435 e. The zero-order chi connectivity index (χ0) is 19.7. The lowest BCUT2D eigenvalue weighted by Crippen LogP contribution is -2.14. The van der Waals surface area contributed by atoms with Crippen LogP contribution in [0.5, 0.6) is 0 Å². The Morgan fingerprint density at radius 1 is 1.07 bits per heavy atom. The smallest absolute Gasteiger partial charge is 0.378 e. The van der Waals surface area contributed by atoms with Crippen LogP contribution in [0.3, 0.4) is 0 Å². The van der Waals surface area contributed by atoms with E-state index in [4.69, 9.17) is 0 Å². The number of hydrogen-bond acceptors (Lipinski definition) is 4. The van der Waals surface area contributed by atoms with Crippen molar-refractivity contribution in [3.8, 4) is 11.3 Å². The maximum absolute atomic E-state index is 13.6. The van der Waals surface area contributed by atoms with Crippen LogP contribution in [0.15, 0.2) is 61.1 Å². The van der Waals surface area contributed by atoms with E-state index in [1.165, 1.54) is 12.3 Å². The molecule has 1 N–H and O–H groups in total. The Morgan fingerprint density at radius 3 is 2.68 bits per heavy atom. The van der Waals surface area contributed by atoms with E-state index in [2.05, 4.69) is 20.4 Å². The molecular weight excluding hydrogens is 367 g/mol. The van der Waals surface area contributed by atoms with Gasteiger partial charge in [0.2, 0.25) is 0 Å². The normalized spacial score (nSPS) is 11.7. The van der Waals surface area contributed by atoms with Crippen LogP contribution in [-0.2, 0) is 12.7 Å². The van der Waals surface area contributed by atoms with E-state index < -0.39 is 11.9 Å². The number of pyridine rings is 3. The summed E-state index contributed by atoms with van der Waals surface area (Å²) >= 11 is 0. The van der Waals surface area contributed by atoms with Gasteiger partial charge in [0.25, 0.3) is 0 Å². The minimum atomic E-state index is -4.59. The summed E-state index contributed by atoms with van der Waals surface area (Å²) in [6, 6.07) is 12.1. The number of anilines is 1. The van der Waals surface area contributed by atoms with Crippen molar-refractivity contribution in [1.82, 2.24) is 19.6 Å². The third-order valence-electron chi connectivity index (χ3n) is 4.22. The Morgan fingerprint density at radius 2 is 1.93 bits per heavy atom. The monoisotopic (exact) mass is 383 g/mol. The van der Waals surface area contributed by atoms with Crippen molar-refractivity contribution >= 4 is 11.2 Å². The molecule has 0 aliphatic rings. The van der Waals surface area contributed by atoms with Gasteiger partial charge in [0.1, 0.15) is 0 Å². The van der Waals surface area contributed by atoms with Gasteiger partial charge in [-0.3, -0.25) is 4.98 Å². The molecule has 8 heteroatoms. The van der Waals surface area contributed by atoms with Crippen molar-refractivity contribution in [3.63, 3.8) is 0 Å². The van der Waals surface area contributed by atoms with Gasteiger partial charge in [-0.15, -0.1) is 0 Å². The van der Waals surface area contributed by atoms with E-state index in [0.29, 0.717) is 11.3 Å². The van der Waals surface area contributed by atoms with Crippen molar-refractivity contribution in [3.05, 3.63) is 78.0 Å². The highest BCUT2D eigenvalue weighted by atomic mass is 19.4. The molecule has 142 valence electrons. The van der Waals surface area contributed by atoms with Crippen LogP contribution in [0.4, 0.5) is 18.9 Å². The van der Waals surface area contributed by atoms with E-state index in [0.717, 1.165) is 11.1 Å². The van der Waals surface area contributed by atoms with E-state index in [9.17, 15) is 13.2 Å². The number of rotatable bonds is 4. The molecular formula is C20H16F3N5. The summed E-state index contributed by atoms with van der Waals surface area (Å²) in [7, 11) is 0. The molecule has 0 fully saturated rings. The number of halogens is 3. The average Bonchev–Trinajstić information content (AvgIpc) is 3.08. The Labute approximate surface area is 158 Å². The van der Waals surface area contributed by atoms with E-state index in [-0.39, 0.29) is 17.9 Å². The molecule has 0 saturated heterocycles. The molecule has 0 amide bonds. The molecule has 0 bridgehead atoms. The Kier molecular flexibility index (Phi) is 4.46. The molecule has 28 heavy (non-hydrogen) atoms. The van der Waals surface area contributed by atoms with Crippen molar-refractivity contribution in [1.29, 1.82) is 0 Å². The molecule has 0 spiro atoms. The first-order valence-electron chi connectivity index (χ1n) is 8.57. The SMILES string of the molecule is Cc1cncc(-c2ccc(NCc3cc4ccccn4n3)c(C(F)(F)F)n2)c1. The van der Waals surface area contributed by atoms with Gasteiger partial charge in [0, 0.05) is 24.2 Å². The van der Waals surface area contributed by atoms with Crippen LogP contribution in [0, 0.1) is 6.92 Å². The first kappa shape index (κ1) is 18.0. The molecule has 4 aromatic heterocycles. The van der Waals surface area contributed by atoms with Crippen molar-refractivity contribution in [2.45, 2.75) is 19.6 Å². The number of aromatic nitrogens is 4. The minimum Gasteiger partial charge on any atom is -0.378 e. The van der Waals surface area contributed by atoms with Gasteiger partial charge in [-0.25, -0.2) is 9.50 Å². The van der Waals surface area contributed by atoms with Gasteiger partial charge in [-0.2, -0.15) is 18.3 Å². The predicted molar refractivity (Wildman–Crippen MR) is 99.7 cm³/mol. The second-order valence-corrected chi connectivity index (χ2v) is 6.40. The van der Waals surface area contributed by atoms with Crippen LogP contribution >= 0.6 is 0 Å². The molecule has 0 aliphatic carbocycles. The van der Waals surface area contributed by atoms with Crippen molar-refractivity contribution < 1.29 is 13.2 Å². The van der Waals surface area contributed by atoms with E-state index in [1.807, 2.05) is 31.2 Å². The lowest BCUT2D eigenvalue weighted by Gasteiger charge is -2.14. The lowest BCUT2D eigenvalue weighted by molar-refractivity contribution is -0.140. The van der Waals surface area contributed by atoms with Crippen LogP contribution in [-0.4, -0.2) is 19.6 Å². The molecule has 0 atom stereocenters. The fraction of sp³-hybridized carbons (Fsp3) is 0.150. The first-order chi connectivity index (χ1) is 13.4. The second kappa shape index (κ2) is 6.95. The second-order valence-electron chi connectivity index (χ2n) is 6.40. The zero-order valence-electron chi connectivity index (χ0n) is 14.9. The number of nitrogens with zero attached hydrogens (tertiary/aromatic N) is 4. The largest absolute Gasteiger partial charge is 0.435 e. The Bertz CT molecular complexity index is 1100. The minimum absolute atomic E-state index is 0.0890. The van der Waals surface area contributed by atoms with Crippen LogP contribution in [0.25, 0.3) is 16.8 Å². The highest BCUT2D eigenvalue weighted by molar-refractivity contribution is 5.63. The van der Waals surface area contributed by atoms with Gasteiger partial charge in [0.05, 0.1) is 29.1 Å². The van der Waals surface area contributed by atoms with Crippen LogP contribution < -0.4 is 5.32 Å². The van der Waals surface area contributed by atoms with Gasteiger partial charge < -0.3 is 5.32 Å². The summed E-state index contributed by atoms with van der Waals surface area (Å²) in [5.74, 6) is 0. The van der Waals surface area contributed by atoms with E-state index >= 15 is 0 Å². The summed E-state index contributed by atoms with van der Waals surface area (Å²) in [4.78, 5) is 7.88. The maximum atomic E-state index is 13.6. The highest BCUT2D eigenvalue weighted by Crippen LogP contribution is 2.35. The molecule has 0 aliphatic heterocycles. The van der Waals surface area contributed by atoms with Gasteiger partial charge in [-0.05, 0) is 48.9 Å². The topological polar surface area (TPSA) is 55.1 Å². The fourth-order valence-electron chi connectivity index (χ4n) is 2.94. The Hall–Kier alpha value is -3.42. The first-order valence-corrected chi connectivity index (χ1v) is 8.57. The van der Waals surface area contributed by atoms with Gasteiger partial charge in [0.15, 0.2) is 5.69 Å². The van der Waals surface area contributed by atoms with Crippen LogP contribution in [0.1, 0.15) is 17.0 Å². The molecule has 4 aromatic rings. The summed E-state index contributed by atoms with van der Waals surface area (Å²) in [6.07, 6.45) is 0.332. The van der Waals surface area contributed by atoms with Gasteiger partial charge in [-0.1, -0.05) is 6.07 Å². The molecule has 0 aromatic carbocycles. The van der Waals surface area contributed by atoms with E-state index in [1.54, 1.807) is 29.0 Å². The zero-order valence-corrected chi connectivity index (χ0v) is 14.9. The fourth-order valence-corrected chi connectivity index (χ4v) is 2.94. The number of nitrogens with one attached hydrogen (secondary N) is 1.